The van der Waals surface area contributed by atoms with E-state index in [1.165, 1.54) is 12.8 Å². The summed E-state index contributed by atoms with van der Waals surface area (Å²) in [6, 6.07) is 7.10. The topological polar surface area (TPSA) is 40.5 Å². The molecule has 3 heteroatoms. The molecule has 1 atom stereocenters. The van der Waals surface area contributed by atoms with Crippen LogP contribution in [-0.4, -0.2) is 23.0 Å². The molecule has 17 heavy (non-hydrogen) atoms. The van der Waals surface area contributed by atoms with E-state index in [4.69, 9.17) is 0 Å². The summed E-state index contributed by atoms with van der Waals surface area (Å²) in [5, 5.41) is 9.23. The molecule has 1 aliphatic carbocycles. The highest BCUT2D eigenvalue weighted by molar-refractivity contribution is 5.77. The third-order valence-corrected chi connectivity index (χ3v) is 3.51. The molecule has 1 N–H and O–H groups in total. The molecule has 1 fully saturated rings. The van der Waals surface area contributed by atoms with Crippen molar-refractivity contribution in [3.05, 3.63) is 29.8 Å². The van der Waals surface area contributed by atoms with Crippen molar-refractivity contribution in [3.8, 4) is 5.75 Å². The molecule has 1 aromatic rings. The number of phenolic OH excluding ortho intramolecular Hbond substituents is 1. The van der Waals surface area contributed by atoms with Gasteiger partial charge in [-0.1, -0.05) is 12.1 Å². The van der Waals surface area contributed by atoms with Crippen LogP contribution in [-0.2, 0) is 4.79 Å². The second kappa shape index (κ2) is 4.78. The van der Waals surface area contributed by atoms with Crippen molar-refractivity contribution in [2.45, 2.75) is 32.2 Å². The molecular formula is C14H19NO2. The first-order valence-electron chi connectivity index (χ1n) is 6.12. The minimum absolute atomic E-state index is 0.0573. The Labute approximate surface area is 102 Å². The molecule has 0 spiro atoms. The number of rotatable bonds is 4. The van der Waals surface area contributed by atoms with Crippen LogP contribution in [0.2, 0.25) is 0 Å². The van der Waals surface area contributed by atoms with Gasteiger partial charge in [-0.2, -0.15) is 0 Å². The van der Waals surface area contributed by atoms with E-state index in [1.54, 1.807) is 17.0 Å². The highest BCUT2D eigenvalue weighted by Gasteiger charge is 2.27. The van der Waals surface area contributed by atoms with E-state index in [0.717, 1.165) is 5.56 Å². The predicted octanol–water partition coefficient (Wildman–Crippen LogP) is 2.71. The van der Waals surface area contributed by atoms with Crippen LogP contribution in [0, 0.1) is 5.92 Å². The molecule has 1 aromatic carbocycles. The molecule has 1 unspecified atom stereocenters. The highest BCUT2D eigenvalue weighted by Crippen LogP contribution is 2.33. The molecule has 0 radical (unpaired) electrons. The largest absolute Gasteiger partial charge is 0.508 e. The van der Waals surface area contributed by atoms with E-state index in [-0.39, 0.29) is 17.7 Å². The Hall–Kier alpha value is -1.51. The number of aromatic hydroxyl groups is 1. The fourth-order valence-corrected chi connectivity index (χ4v) is 1.91. The van der Waals surface area contributed by atoms with Gasteiger partial charge in [0.25, 0.3) is 0 Å². The van der Waals surface area contributed by atoms with Crippen molar-refractivity contribution in [1.82, 2.24) is 4.90 Å². The van der Waals surface area contributed by atoms with Crippen LogP contribution in [0.4, 0.5) is 0 Å². The van der Waals surface area contributed by atoms with Gasteiger partial charge in [0, 0.05) is 13.5 Å². The van der Waals surface area contributed by atoms with Crippen molar-refractivity contribution < 1.29 is 9.90 Å². The van der Waals surface area contributed by atoms with Crippen LogP contribution in [0.5, 0.6) is 5.75 Å². The van der Waals surface area contributed by atoms with Crippen LogP contribution < -0.4 is 0 Å². The van der Waals surface area contributed by atoms with Crippen LogP contribution >= 0.6 is 0 Å². The third-order valence-electron chi connectivity index (χ3n) is 3.51. The zero-order chi connectivity index (χ0) is 12.4. The molecule has 1 amide bonds. The second-order valence-electron chi connectivity index (χ2n) is 4.92. The molecule has 1 saturated carbocycles. The summed E-state index contributed by atoms with van der Waals surface area (Å²) in [5.74, 6) is 1.10. The minimum Gasteiger partial charge on any atom is -0.508 e. The summed E-state index contributed by atoms with van der Waals surface area (Å²) in [6.07, 6.45) is 3.08. The molecule has 1 aliphatic rings. The summed E-state index contributed by atoms with van der Waals surface area (Å²) >= 11 is 0. The van der Waals surface area contributed by atoms with Crippen LogP contribution in [0.25, 0.3) is 0 Å². The summed E-state index contributed by atoms with van der Waals surface area (Å²) in [4.78, 5) is 13.7. The lowest BCUT2D eigenvalue weighted by molar-refractivity contribution is -0.132. The maximum Gasteiger partial charge on any atom is 0.223 e. The van der Waals surface area contributed by atoms with Crippen molar-refractivity contribution in [2.24, 2.45) is 5.92 Å². The number of phenols is 1. The van der Waals surface area contributed by atoms with Gasteiger partial charge in [0.15, 0.2) is 0 Å². The van der Waals surface area contributed by atoms with E-state index < -0.39 is 0 Å². The van der Waals surface area contributed by atoms with E-state index in [1.807, 2.05) is 26.1 Å². The maximum atomic E-state index is 12.0. The third kappa shape index (κ3) is 2.99. The molecule has 3 nitrogen and oxygen atoms in total. The van der Waals surface area contributed by atoms with Gasteiger partial charge in [0.2, 0.25) is 5.91 Å². The minimum atomic E-state index is 0.0573. The maximum absolute atomic E-state index is 12.0. The van der Waals surface area contributed by atoms with Crippen molar-refractivity contribution in [2.75, 3.05) is 7.05 Å². The van der Waals surface area contributed by atoms with Crippen LogP contribution in [0.1, 0.15) is 37.8 Å². The lowest BCUT2D eigenvalue weighted by Crippen LogP contribution is -2.29. The average molecular weight is 233 g/mol. The van der Waals surface area contributed by atoms with Crippen molar-refractivity contribution >= 4 is 5.91 Å². The summed E-state index contributed by atoms with van der Waals surface area (Å²) < 4.78 is 0. The Morgan fingerprint density at radius 3 is 2.53 bits per heavy atom. The molecule has 2 rings (SSSR count). The molecule has 0 aliphatic heterocycles. The normalized spacial score (nSPS) is 16.6. The Bertz CT molecular complexity index is 395. The molecule has 0 heterocycles. The van der Waals surface area contributed by atoms with Gasteiger partial charge in [-0.25, -0.2) is 0 Å². The van der Waals surface area contributed by atoms with Crippen molar-refractivity contribution in [1.29, 1.82) is 0 Å². The van der Waals surface area contributed by atoms with Gasteiger partial charge in [-0.05, 0) is 43.4 Å². The zero-order valence-electron chi connectivity index (χ0n) is 10.4. The van der Waals surface area contributed by atoms with E-state index >= 15 is 0 Å². The van der Waals surface area contributed by atoms with Gasteiger partial charge in [-0.3, -0.25) is 4.79 Å². The predicted molar refractivity (Wildman–Crippen MR) is 66.6 cm³/mol. The van der Waals surface area contributed by atoms with Crippen LogP contribution in [0.3, 0.4) is 0 Å². The zero-order valence-corrected chi connectivity index (χ0v) is 10.4. The molecule has 0 saturated heterocycles. The van der Waals surface area contributed by atoms with Crippen LogP contribution in [0.15, 0.2) is 24.3 Å². The number of amides is 1. The summed E-state index contributed by atoms with van der Waals surface area (Å²) in [6.45, 7) is 2.01. The smallest absolute Gasteiger partial charge is 0.223 e. The molecule has 0 aromatic heterocycles. The Morgan fingerprint density at radius 2 is 2.00 bits per heavy atom. The summed E-state index contributed by atoms with van der Waals surface area (Å²) in [7, 11) is 1.85. The van der Waals surface area contributed by atoms with Gasteiger partial charge in [0.1, 0.15) is 5.75 Å². The first-order valence-corrected chi connectivity index (χ1v) is 6.12. The number of nitrogens with zero attached hydrogens (tertiary/aromatic N) is 1. The number of hydrogen-bond donors (Lipinski definition) is 1. The van der Waals surface area contributed by atoms with Gasteiger partial charge < -0.3 is 10.0 Å². The standard InChI is InChI=1S/C14H19NO2/c1-10(12-5-7-13(16)8-6-12)15(2)14(17)9-11-3-4-11/h5-8,10-11,16H,3-4,9H2,1-2H3. The first-order chi connectivity index (χ1) is 8.08. The number of benzene rings is 1. The lowest BCUT2D eigenvalue weighted by atomic mass is 10.1. The lowest BCUT2D eigenvalue weighted by Gasteiger charge is -2.25. The molecule has 92 valence electrons. The molecule has 0 bridgehead atoms. The summed E-state index contributed by atoms with van der Waals surface area (Å²) in [5.41, 5.74) is 1.05. The number of hydrogen-bond acceptors (Lipinski definition) is 2. The van der Waals surface area contributed by atoms with Gasteiger partial charge in [0.05, 0.1) is 6.04 Å². The van der Waals surface area contributed by atoms with Gasteiger partial charge in [-0.15, -0.1) is 0 Å². The quantitative estimate of drug-likeness (QED) is 0.868. The SMILES string of the molecule is CC(c1ccc(O)cc1)N(C)C(=O)CC1CC1. The average Bonchev–Trinajstić information content (AvgIpc) is 3.12. The first kappa shape index (κ1) is 12.0. The Kier molecular flexibility index (Phi) is 3.36. The van der Waals surface area contributed by atoms with Gasteiger partial charge >= 0.3 is 0 Å². The Balaban J connectivity index is 1.99. The Morgan fingerprint density at radius 1 is 1.41 bits per heavy atom. The van der Waals surface area contributed by atoms with E-state index in [2.05, 4.69) is 0 Å². The monoisotopic (exact) mass is 233 g/mol. The number of carbonyl (C=O) groups excluding carboxylic acids is 1. The van der Waals surface area contributed by atoms with Crippen molar-refractivity contribution in [3.63, 3.8) is 0 Å². The second-order valence-corrected chi connectivity index (χ2v) is 4.92. The fourth-order valence-electron chi connectivity index (χ4n) is 1.91. The number of carbonyl (C=O) groups is 1. The fraction of sp³-hybridized carbons (Fsp3) is 0.500. The molecular weight excluding hydrogens is 214 g/mol. The highest BCUT2D eigenvalue weighted by atomic mass is 16.3. The van der Waals surface area contributed by atoms with E-state index in [9.17, 15) is 9.90 Å². The van der Waals surface area contributed by atoms with E-state index in [0.29, 0.717) is 12.3 Å².